The zero-order valence-corrected chi connectivity index (χ0v) is 16.7. The maximum absolute atomic E-state index is 12.3. The van der Waals surface area contributed by atoms with Gasteiger partial charge in [-0.05, 0) is 43.0 Å². The van der Waals surface area contributed by atoms with Crippen molar-refractivity contribution in [1.82, 2.24) is 4.98 Å². The Morgan fingerprint density at radius 1 is 0.929 bits per heavy atom. The van der Waals surface area contributed by atoms with Gasteiger partial charge < -0.3 is 5.32 Å². The first-order valence-corrected chi connectivity index (χ1v) is 11.0. The van der Waals surface area contributed by atoms with Crippen LogP contribution in [0.3, 0.4) is 0 Å². The van der Waals surface area contributed by atoms with E-state index < -0.39 is 10.0 Å². The second-order valence-corrected chi connectivity index (χ2v) is 8.63. The SMILES string of the molecule is Cc1cccc(CNc2ccc(NS(=O)(=O)CCCc3ccccc3)cn2)c1. The van der Waals surface area contributed by atoms with Gasteiger partial charge in [-0.2, -0.15) is 0 Å². The molecule has 1 aromatic heterocycles. The Labute approximate surface area is 166 Å². The van der Waals surface area contributed by atoms with Gasteiger partial charge in [-0.1, -0.05) is 60.2 Å². The average molecular weight is 396 g/mol. The quantitative estimate of drug-likeness (QED) is 0.564. The van der Waals surface area contributed by atoms with Crippen molar-refractivity contribution < 1.29 is 8.42 Å². The zero-order chi connectivity index (χ0) is 19.8. The van der Waals surface area contributed by atoms with Crippen molar-refractivity contribution in [2.75, 3.05) is 15.8 Å². The van der Waals surface area contributed by atoms with Crippen LogP contribution in [0.15, 0.2) is 72.9 Å². The van der Waals surface area contributed by atoms with E-state index in [4.69, 9.17) is 0 Å². The summed E-state index contributed by atoms with van der Waals surface area (Å²) < 4.78 is 27.1. The first kappa shape index (κ1) is 19.9. The van der Waals surface area contributed by atoms with E-state index in [9.17, 15) is 8.42 Å². The number of nitrogens with one attached hydrogen (secondary N) is 2. The van der Waals surface area contributed by atoms with Gasteiger partial charge >= 0.3 is 0 Å². The minimum Gasteiger partial charge on any atom is -0.366 e. The fraction of sp³-hybridized carbons (Fsp3) is 0.227. The van der Waals surface area contributed by atoms with Crippen LogP contribution >= 0.6 is 0 Å². The molecule has 5 nitrogen and oxygen atoms in total. The molecule has 0 aliphatic heterocycles. The lowest BCUT2D eigenvalue weighted by atomic mass is 10.1. The summed E-state index contributed by atoms with van der Waals surface area (Å²) in [5.74, 6) is 0.781. The monoisotopic (exact) mass is 395 g/mol. The van der Waals surface area contributed by atoms with Gasteiger partial charge in [-0.3, -0.25) is 4.72 Å². The van der Waals surface area contributed by atoms with Crippen molar-refractivity contribution in [1.29, 1.82) is 0 Å². The molecular formula is C22H25N3O2S. The molecule has 0 saturated carbocycles. The van der Waals surface area contributed by atoms with E-state index in [0.717, 1.165) is 12.0 Å². The molecule has 0 aliphatic carbocycles. The molecule has 2 aromatic carbocycles. The van der Waals surface area contributed by atoms with Crippen molar-refractivity contribution in [3.05, 3.63) is 89.6 Å². The van der Waals surface area contributed by atoms with E-state index in [1.54, 1.807) is 12.1 Å². The lowest BCUT2D eigenvalue weighted by Crippen LogP contribution is -2.17. The molecular weight excluding hydrogens is 370 g/mol. The summed E-state index contributed by atoms with van der Waals surface area (Å²) in [4.78, 5) is 4.29. The van der Waals surface area contributed by atoms with Gasteiger partial charge in [0.25, 0.3) is 0 Å². The molecule has 0 bridgehead atoms. The number of rotatable bonds is 9. The molecule has 2 N–H and O–H groups in total. The molecule has 0 unspecified atom stereocenters. The number of sulfonamides is 1. The third-order valence-electron chi connectivity index (χ3n) is 4.31. The second kappa shape index (κ2) is 9.37. The minimum absolute atomic E-state index is 0.0786. The standard InChI is InChI=1S/C22H25N3O2S/c1-18-7-5-10-20(15-18)16-23-22-13-12-21(17-24-22)25-28(26,27)14-6-11-19-8-3-2-4-9-19/h2-5,7-10,12-13,15,17,25H,6,11,14,16H2,1H3,(H,23,24). The van der Waals surface area contributed by atoms with Crippen molar-refractivity contribution in [2.24, 2.45) is 0 Å². The van der Waals surface area contributed by atoms with E-state index in [-0.39, 0.29) is 5.75 Å². The molecule has 0 radical (unpaired) electrons. The van der Waals surface area contributed by atoms with E-state index in [0.29, 0.717) is 24.5 Å². The number of benzene rings is 2. The molecule has 6 heteroatoms. The predicted octanol–water partition coefficient (Wildman–Crippen LogP) is 4.38. The molecule has 0 spiro atoms. The first-order chi connectivity index (χ1) is 13.5. The zero-order valence-electron chi connectivity index (χ0n) is 15.9. The smallest absolute Gasteiger partial charge is 0.232 e. The minimum atomic E-state index is -3.39. The summed E-state index contributed by atoms with van der Waals surface area (Å²) in [7, 11) is -3.39. The van der Waals surface area contributed by atoms with Crippen LogP contribution in [0.1, 0.15) is 23.1 Å². The van der Waals surface area contributed by atoms with Crippen LogP contribution < -0.4 is 10.0 Å². The normalized spacial score (nSPS) is 11.2. The van der Waals surface area contributed by atoms with Gasteiger partial charge in [0.1, 0.15) is 5.82 Å². The fourth-order valence-electron chi connectivity index (χ4n) is 2.92. The number of hydrogen-bond acceptors (Lipinski definition) is 4. The number of hydrogen-bond donors (Lipinski definition) is 2. The average Bonchev–Trinajstić information content (AvgIpc) is 2.68. The molecule has 0 fully saturated rings. The van der Waals surface area contributed by atoms with Crippen molar-refractivity contribution in [2.45, 2.75) is 26.3 Å². The highest BCUT2D eigenvalue weighted by atomic mass is 32.2. The Balaban J connectivity index is 1.48. The van der Waals surface area contributed by atoms with E-state index >= 15 is 0 Å². The molecule has 0 saturated heterocycles. The molecule has 28 heavy (non-hydrogen) atoms. The van der Waals surface area contributed by atoms with E-state index in [1.807, 2.05) is 36.4 Å². The maximum Gasteiger partial charge on any atom is 0.232 e. The van der Waals surface area contributed by atoms with Gasteiger partial charge in [0, 0.05) is 6.54 Å². The number of aromatic nitrogens is 1. The van der Waals surface area contributed by atoms with Crippen LogP contribution in [-0.4, -0.2) is 19.2 Å². The molecule has 3 rings (SSSR count). The second-order valence-electron chi connectivity index (χ2n) is 6.78. The molecule has 0 atom stereocenters. The van der Waals surface area contributed by atoms with Crippen LogP contribution in [0.25, 0.3) is 0 Å². The van der Waals surface area contributed by atoms with Crippen LogP contribution in [0.2, 0.25) is 0 Å². The van der Waals surface area contributed by atoms with Crippen LogP contribution in [0.5, 0.6) is 0 Å². The van der Waals surface area contributed by atoms with Crippen molar-refractivity contribution in [3.8, 4) is 0 Å². The summed E-state index contributed by atoms with van der Waals surface area (Å²) in [5.41, 5.74) is 4.00. The molecule has 0 aliphatic rings. The van der Waals surface area contributed by atoms with Gasteiger partial charge in [-0.15, -0.1) is 0 Å². The predicted molar refractivity (Wildman–Crippen MR) is 115 cm³/mol. The summed E-state index contributed by atoms with van der Waals surface area (Å²) in [6.45, 7) is 2.72. The summed E-state index contributed by atoms with van der Waals surface area (Å²) in [6.07, 6.45) is 2.85. The Kier molecular flexibility index (Phi) is 6.66. The van der Waals surface area contributed by atoms with E-state index in [1.165, 1.54) is 17.3 Å². The van der Waals surface area contributed by atoms with Gasteiger partial charge in [-0.25, -0.2) is 13.4 Å². The first-order valence-electron chi connectivity index (χ1n) is 9.30. The highest BCUT2D eigenvalue weighted by molar-refractivity contribution is 7.92. The lowest BCUT2D eigenvalue weighted by molar-refractivity contribution is 0.598. The van der Waals surface area contributed by atoms with Crippen molar-refractivity contribution in [3.63, 3.8) is 0 Å². The van der Waals surface area contributed by atoms with Crippen molar-refractivity contribution >= 4 is 21.5 Å². The number of anilines is 2. The third kappa shape index (κ3) is 6.39. The Bertz CT molecular complexity index is 988. The van der Waals surface area contributed by atoms with Gasteiger partial charge in [0.2, 0.25) is 10.0 Å². The van der Waals surface area contributed by atoms with Crippen LogP contribution in [0, 0.1) is 6.92 Å². The Hall–Kier alpha value is -2.86. The summed E-state index contributed by atoms with van der Waals surface area (Å²) >= 11 is 0. The van der Waals surface area contributed by atoms with Gasteiger partial charge in [0.05, 0.1) is 17.6 Å². The lowest BCUT2D eigenvalue weighted by Gasteiger charge is -2.10. The highest BCUT2D eigenvalue weighted by Crippen LogP contribution is 2.14. The molecule has 3 aromatic rings. The summed E-state index contributed by atoms with van der Waals surface area (Å²) in [6, 6.07) is 21.6. The van der Waals surface area contributed by atoms with E-state index in [2.05, 4.69) is 40.1 Å². The highest BCUT2D eigenvalue weighted by Gasteiger charge is 2.10. The van der Waals surface area contributed by atoms with Crippen LogP contribution in [-0.2, 0) is 23.0 Å². The topological polar surface area (TPSA) is 71.1 Å². The summed E-state index contributed by atoms with van der Waals surface area (Å²) in [5, 5.41) is 3.24. The third-order valence-corrected chi connectivity index (χ3v) is 5.69. The van der Waals surface area contributed by atoms with Gasteiger partial charge in [0.15, 0.2) is 0 Å². The number of nitrogens with zero attached hydrogens (tertiary/aromatic N) is 1. The Morgan fingerprint density at radius 3 is 2.43 bits per heavy atom. The fourth-order valence-corrected chi connectivity index (χ4v) is 4.02. The Morgan fingerprint density at radius 2 is 1.71 bits per heavy atom. The molecule has 0 amide bonds. The van der Waals surface area contributed by atoms with Crippen LogP contribution in [0.4, 0.5) is 11.5 Å². The molecule has 1 heterocycles. The molecule has 146 valence electrons. The number of pyridine rings is 1. The largest absolute Gasteiger partial charge is 0.366 e. The number of aryl methyl sites for hydroxylation is 2. The maximum atomic E-state index is 12.3.